The van der Waals surface area contributed by atoms with E-state index in [0.29, 0.717) is 11.3 Å². The van der Waals surface area contributed by atoms with E-state index in [1.165, 1.54) is 12.8 Å². The molecule has 3 aliphatic rings. The Bertz CT molecular complexity index is 312. The summed E-state index contributed by atoms with van der Waals surface area (Å²) >= 11 is 0. The number of hydrogen-bond acceptors (Lipinski definition) is 2. The van der Waals surface area contributed by atoms with Crippen LogP contribution >= 0.6 is 0 Å². The number of hydrogen-bond donors (Lipinski definition) is 1. The Morgan fingerprint density at radius 3 is 2.79 bits per heavy atom. The fraction of sp³-hybridized carbons (Fsp3) is 0.909. The molecule has 14 heavy (non-hydrogen) atoms. The highest BCUT2D eigenvalue weighted by Crippen LogP contribution is 2.66. The van der Waals surface area contributed by atoms with Crippen molar-refractivity contribution in [2.75, 3.05) is 0 Å². The molecule has 0 radical (unpaired) electrons. The van der Waals surface area contributed by atoms with Crippen LogP contribution in [0.15, 0.2) is 0 Å². The molecule has 0 aromatic heterocycles. The molecule has 4 atom stereocenters. The summed E-state index contributed by atoms with van der Waals surface area (Å²) in [6.45, 7) is 6.93. The number of ether oxygens (including phenoxy) is 1. The number of nitrogens with one attached hydrogen (secondary N) is 1. The largest absolute Gasteiger partial charge is 0.444 e. The van der Waals surface area contributed by atoms with Crippen LogP contribution in [-0.2, 0) is 4.74 Å². The first-order chi connectivity index (χ1) is 6.47. The minimum absolute atomic E-state index is 0.135. The molecule has 0 aromatic carbocycles. The Morgan fingerprint density at radius 2 is 2.14 bits per heavy atom. The molecular formula is C11H17NO2. The molecule has 2 aliphatic carbocycles. The lowest BCUT2D eigenvalue weighted by atomic mass is 9.69. The highest BCUT2D eigenvalue weighted by Gasteiger charge is 2.69. The third-order valence-corrected chi connectivity index (χ3v) is 5.30. The molecule has 3 fully saturated rings. The van der Waals surface area contributed by atoms with Crippen molar-refractivity contribution in [3.8, 4) is 0 Å². The van der Waals surface area contributed by atoms with Crippen molar-refractivity contribution in [2.45, 2.75) is 45.8 Å². The van der Waals surface area contributed by atoms with E-state index in [-0.39, 0.29) is 23.7 Å². The van der Waals surface area contributed by atoms with Crippen molar-refractivity contribution in [3.05, 3.63) is 0 Å². The van der Waals surface area contributed by atoms with Gasteiger partial charge in [0.2, 0.25) is 0 Å². The molecule has 1 amide bonds. The van der Waals surface area contributed by atoms with Gasteiger partial charge in [-0.05, 0) is 23.7 Å². The zero-order chi connectivity index (χ0) is 10.1. The van der Waals surface area contributed by atoms with Gasteiger partial charge in [-0.2, -0.15) is 0 Å². The van der Waals surface area contributed by atoms with Crippen LogP contribution in [0.1, 0.15) is 33.6 Å². The number of rotatable bonds is 0. The Morgan fingerprint density at radius 1 is 1.43 bits per heavy atom. The summed E-state index contributed by atoms with van der Waals surface area (Å²) in [5.74, 6) is 0.552. The first-order valence-electron chi connectivity index (χ1n) is 5.44. The van der Waals surface area contributed by atoms with Gasteiger partial charge in [0.25, 0.3) is 0 Å². The quantitative estimate of drug-likeness (QED) is 0.641. The van der Waals surface area contributed by atoms with Crippen molar-refractivity contribution < 1.29 is 9.53 Å². The molecule has 0 unspecified atom stereocenters. The lowest BCUT2D eigenvalue weighted by Gasteiger charge is -2.37. The minimum Gasteiger partial charge on any atom is -0.444 e. The lowest BCUT2D eigenvalue weighted by Crippen LogP contribution is -2.45. The van der Waals surface area contributed by atoms with Gasteiger partial charge in [0, 0.05) is 5.92 Å². The second-order valence-electron chi connectivity index (χ2n) is 5.78. The predicted octanol–water partition coefficient (Wildman–Crippen LogP) is 1.92. The highest BCUT2D eigenvalue weighted by molar-refractivity contribution is 5.71. The third-order valence-electron chi connectivity index (χ3n) is 5.30. The van der Waals surface area contributed by atoms with E-state index >= 15 is 0 Å². The second kappa shape index (κ2) is 2.10. The van der Waals surface area contributed by atoms with Gasteiger partial charge in [0.1, 0.15) is 6.10 Å². The summed E-state index contributed by atoms with van der Waals surface area (Å²) in [4.78, 5) is 11.2. The number of alkyl carbamates (subject to hydrolysis) is 1. The van der Waals surface area contributed by atoms with E-state index in [9.17, 15) is 4.79 Å². The van der Waals surface area contributed by atoms with Gasteiger partial charge < -0.3 is 10.1 Å². The summed E-state index contributed by atoms with van der Waals surface area (Å²) in [6.07, 6.45) is 2.35. The first kappa shape index (κ1) is 8.57. The van der Waals surface area contributed by atoms with Crippen LogP contribution in [-0.4, -0.2) is 18.2 Å². The summed E-state index contributed by atoms with van der Waals surface area (Å²) in [5, 5.41) is 2.98. The van der Waals surface area contributed by atoms with Crippen molar-refractivity contribution in [1.82, 2.24) is 5.32 Å². The van der Waals surface area contributed by atoms with Gasteiger partial charge in [0.05, 0.1) is 6.04 Å². The van der Waals surface area contributed by atoms with Crippen LogP contribution in [0.25, 0.3) is 0 Å². The molecular weight excluding hydrogens is 178 g/mol. The van der Waals surface area contributed by atoms with E-state index in [1.54, 1.807) is 0 Å². The Balaban J connectivity index is 2.06. The molecule has 1 saturated heterocycles. The van der Waals surface area contributed by atoms with Crippen LogP contribution in [0.5, 0.6) is 0 Å². The fourth-order valence-electron chi connectivity index (χ4n) is 3.96. The average Bonchev–Trinajstić information content (AvgIpc) is 2.59. The lowest BCUT2D eigenvalue weighted by molar-refractivity contribution is 0.0838. The number of carbonyl (C=O) groups is 1. The highest BCUT2D eigenvalue weighted by atomic mass is 16.6. The molecule has 0 aromatic rings. The standard InChI is InChI=1S/C11H17NO2/c1-10(2)6-4-5-11(10,3)8-7(6)14-9(13)12-8/h6-8H,4-5H2,1-3H3,(H,12,13)/t6-,7-,8-,11+/m1/s1. The smallest absolute Gasteiger partial charge is 0.407 e. The summed E-state index contributed by atoms with van der Waals surface area (Å²) in [5.41, 5.74) is 0.532. The van der Waals surface area contributed by atoms with Gasteiger partial charge in [-0.1, -0.05) is 20.8 Å². The summed E-state index contributed by atoms with van der Waals surface area (Å²) < 4.78 is 5.37. The Labute approximate surface area is 84.2 Å². The summed E-state index contributed by atoms with van der Waals surface area (Å²) in [6, 6.07) is 0.253. The number of fused-ring (bicyclic) bond motifs is 5. The fourth-order valence-corrected chi connectivity index (χ4v) is 3.96. The van der Waals surface area contributed by atoms with Gasteiger partial charge in [-0.25, -0.2) is 4.79 Å². The van der Waals surface area contributed by atoms with Crippen LogP contribution in [0.2, 0.25) is 0 Å². The topological polar surface area (TPSA) is 38.3 Å². The van der Waals surface area contributed by atoms with E-state index in [2.05, 4.69) is 26.1 Å². The molecule has 2 bridgehead atoms. The first-order valence-corrected chi connectivity index (χ1v) is 5.44. The van der Waals surface area contributed by atoms with E-state index in [0.717, 1.165) is 0 Å². The maximum absolute atomic E-state index is 11.2. The third kappa shape index (κ3) is 0.665. The minimum atomic E-state index is -0.214. The molecule has 3 heteroatoms. The van der Waals surface area contributed by atoms with E-state index in [4.69, 9.17) is 4.74 Å². The SMILES string of the molecule is CC1(C)[C@@H]2CC[C@@]1(C)[C@@H]1NC(=O)O[C@H]21. The molecule has 2 saturated carbocycles. The van der Waals surface area contributed by atoms with Crippen LogP contribution < -0.4 is 5.32 Å². The van der Waals surface area contributed by atoms with Gasteiger partial charge in [-0.15, -0.1) is 0 Å². The van der Waals surface area contributed by atoms with Gasteiger partial charge in [0.15, 0.2) is 0 Å². The average molecular weight is 195 g/mol. The maximum atomic E-state index is 11.2. The molecule has 78 valence electrons. The van der Waals surface area contributed by atoms with Crippen molar-refractivity contribution in [2.24, 2.45) is 16.7 Å². The molecule has 3 nitrogen and oxygen atoms in total. The van der Waals surface area contributed by atoms with E-state index < -0.39 is 0 Å². The van der Waals surface area contributed by atoms with Crippen LogP contribution in [0.4, 0.5) is 4.79 Å². The zero-order valence-corrected chi connectivity index (χ0v) is 8.96. The molecule has 1 heterocycles. The predicted molar refractivity (Wildman–Crippen MR) is 51.8 cm³/mol. The number of amides is 1. The summed E-state index contributed by atoms with van der Waals surface area (Å²) in [7, 11) is 0. The zero-order valence-electron chi connectivity index (χ0n) is 8.96. The van der Waals surface area contributed by atoms with Crippen molar-refractivity contribution in [3.63, 3.8) is 0 Å². The number of carbonyl (C=O) groups excluding carboxylic acids is 1. The van der Waals surface area contributed by atoms with Gasteiger partial charge in [-0.3, -0.25) is 0 Å². The molecule has 0 spiro atoms. The molecule has 1 aliphatic heterocycles. The Kier molecular flexibility index (Phi) is 1.28. The normalized spacial score (nSPS) is 52.8. The van der Waals surface area contributed by atoms with Crippen molar-refractivity contribution >= 4 is 6.09 Å². The maximum Gasteiger partial charge on any atom is 0.407 e. The molecule has 1 N–H and O–H groups in total. The van der Waals surface area contributed by atoms with Crippen LogP contribution in [0.3, 0.4) is 0 Å². The second-order valence-corrected chi connectivity index (χ2v) is 5.78. The van der Waals surface area contributed by atoms with Gasteiger partial charge >= 0.3 is 6.09 Å². The van der Waals surface area contributed by atoms with Crippen LogP contribution in [0, 0.1) is 16.7 Å². The monoisotopic (exact) mass is 195 g/mol. The van der Waals surface area contributed by atoms with E-state index in [1.807, 2.05) is 0 Å². The Hall–Kier alpha value is -0.730. The van der Waals surface area contributed by atoms with Crippen molar-refractivity contribution in [1.29, 1.82) is 0 Å². The molecule has 3 rings (SSSR count).